The zero-order valence-corrected chi connectivity index (χ0v) is 18.2. The highest BCUT2D eigenvalue weighted by atomic mass is 19.1. The molecular formula is C26H27FN4O. The van der Waals surface area contributed by atoms with Gasteiger partial charge in [0.15, 0.2) is 5.76 Å². The Morgan fingerprint density at radius 1 is 0.906 bits per heavy atom. The van der Waals surface area contributed by atoms with Gasteiger partial charge in [-0.05, 0) is 54.1 Å². The monoisotopic (exact) mass is 430 g/mol. The Morgan fingerprint density at radius 2 is 1.69 bits per heavy atom. The molecule has 5 nitrogen and oxygen atoms in total. The Balaban J connectivity index is 1.44. The van der Waals surface area contributed by atoms with Crippen LogP contribution in [0.3, 0.4) is 0 Å². The van der Waals surface area contributed by atoms with Crippen molar-refractivity contribution in [3.8, 4) is 28.3 Å². The van der Waals surface area contributed by atoms with Crippen LogP contribution in [0.1, 0.15) is 12.5 Å². The third-order valence-corrected chi connectivity index (χ3v) is 6.18. The molecule has 164 valence electrons. The minimum absolute atomic E-state index is 0.233. The molecule has 1 fully saturated rings. The fourth-order valence-corrected chi connectivity index (χ4v) is 4.34. The van der Waals surface area contributed by atoms with Gasteiger partial charge in [-0.3, -0.25) is 4.90 Å². The molecule has 1 aliphatic heterocycles. The number of piperazine rings is 1. The van der Waals surface area contributed by atoms with Gasteiger partial charge in [0.1, 0.15) is 11.5 Å². The van der Waals surface area contributed by atoms with Crippen molar-refractivity contribution in [1.82, 2.24) is 19.6 Å². The van der Waals surface area contributed by atoms with Crippen LogP contribution in [0.25, 0.3) is 28.3 Å². The van der Waals surface area contributed by atoms with E-state index in [0.29, 0.717) is 0 Å². The van der Waals surface area contributed by atoms with E-state index in [0.717, 1.165) is 73.1 Å². The third-order valence-electron chi connectivity index (χ3n) is 6.18. The minimum atomic E-state index is -0.233. The smallest absolute Gasteiger partial charge is 0.152 e. The van der Waals surface area contributed by atoms with Gasteiger partial charge in [0.2, 0.25) is 0 Å². The first kappa shape index (κ1) is 20.7. The number of furan rings is 1. The molecule has 0 saturated carbocycles. The van der Waals surface area contributed by atoms with E-state index in [1.54, 1.807) is 18.4 Å². The van der Waals surface area contributed by atoms with Crippen LogP contribution in [0, 0.1) is 5.82 Å². The molecule has 1 aliphatic rings. The van der Waals surface area contributed by atoms with Crippen LogP contribution in [0.4, 0.5) is 4.39 Å². The molecule has 0 amide bonds. The molecule has 1 saturated heterocycles. The average molecular weight is 431 g/mol. The summed E-state index contributed by atoms with van der Waals surface area (Å²) < 4.78 is 21.3. The van der Waals surface area contributed by atoms with Gasteiger partial charge in [-0.15, -0.1) is 0 Å². The van der Waals surface area contributed by atoms with Crippen LogP contribution in [0.15, 0.2) is 77.5 Å². The van der Waals surface area contributed by atoms with E-state index < -0.39 is 0 Å². The summed E-state index contributed by atoms with van der Waals surface area (Å²) in [6.07, 6.45) is 3.65. The van der Waals surface area contributed by atoms with Gasteiger partial charge in [0.05, 0.1) is 18.1 Å². The van der Waals surface area contributed by atoms with Gasteiger partial charge >= 0.3 is 0 Å². The molecule has 0 spiro atoms. The number of hydrogen-bond acceptors (Lipinski definition) is 4. The summed E-state index contributed by atoms with van der Waals surface area (Å²) in [7, 11) is 0. The van der Waals surface area contributed by atoms with Crippen LogP contribution in [0.2, 0.25) is 0 Å². The summed E-state index contributed by atoms with van der Waals surface area (Å²) in [5, 5.41) is 4.72. The Morgan fingerprint density at radius 3 is 2.38 bits per heavy atom. The van der Waals surface area contributed by atoms with Gasteiger partial charge in [-0.25, -0.2) is 9.07 Å². The lowest BCUT2D eigenvalue weighted by Crippen LogP contribution is -2.45. The lowest BCUT2D eigenvalue weighted by molar-refractivity contribution is 0.132. The van der Waals surface area contributed by atoms with E-state index >= 15 is 0 Å². The van der Waals surface area contributed by atoms with Crippen molar-refractivity contribution in [3.63, 3.8) is 0 Å². The molecule has 5 rings (SSSR count). The molecule has 32 heavy (non-hydrogen) atoms. The van der Waals surface area contributed by atoms with Crippen molar-refractivity contribution in [3.05, 3.63) is 84.5 Å². The van der Waals surface area contributed by atoms with E-state index in [2.05, 4.69) is 16.7 Å². The molecule has 0 atom stereocenters. The summed E-state index contributed by atoms with van der Waals surface area (Å²) in [4.78, 5) is 4.96. The Hall–Kier alpha value is -3.22. The maximum atomic E-state index is 13.6. The first-order chi connectivity index (χ1) is 15.7. The quantitative estimate of drug-likeness (QED) is 0.428. The Kier molecular flexibility index (Phi) is 5.88. The van der Waals surface area contributed by atoms with Gasteiger partial charge in [0.25, 0.3) is 0 Å². The fraction of sp³-hybridized carbons (Fsp3) is 0.269. The van der Waals surface area contributed by atoms with Crippen LogP contribution in [-0.2, 0) is 6.54 Å². The summed E-state index contributed by atoms with van der Waals surface area (Å²) in [5.41, 5.74) is 4.90. The van der Waals surface area contributed by atoms with Crippen molar-refractivity contribution in [2.75, 3.05) is 32.7 Å². The van der Waals surface area contributed by atoms with E-state index in [1.165, 1.54) is 6.07 Å². The molecule has 0 aliphatic carbocycles. The van der Waals surface area contributed by atoms with Crippen LogP contribution in [-0.4, -0.2) is 52.3 Å². The topological polar surface area (TPSA) is 37.4 Å². The van der Waals surface area contributed by atoms with E-state index in [9.17, 15) is 4.39 Å². The third kappa shape index (κ3) is 4.24. The number of nitrogens with zero attached hydrogens (tertiary/aromatic N) is 4. The van der Waals surface area contributed by atoms with Gasteiger partial charge in [-0.2, -0.15) is 5.10 Å². The molecule has 0 N–H and O–H groups in total. The predicted molar refractivity (Wildman–Crippen MR) is 124 cm³/mol. The molecule has 3 heterocycles. The Bertz CT molecular complexity index is 1160. The molecule has 4 aromatic rings. The van der Waals surface area contributed by atoms with E-state index in [-0.39, 0.29) is 5.82 Å². The van der Waals surface area contributed by atoms with Crippen LogP contribution < -0.4 is 0 Å². The highest BCUT2D eigenvalue weighted by molar-refractivity contribution is 5.66. The van der Waals surface area contributed by atoms with Crippen molar-refractivity contribution in [2.24, 2.45) is 0 Å². The second kappa shape index (κ2) is 9.10. The molecule has 2 aromatic heterocycles. The van der Waals surface area contributed by atoms with Crippen molar-refractivity contribution >= 4 is 0 Å². The highest BCUT2D eigenvalue weighted by Crippen LogP contribution is 2.29. The van der Waals surface area contributed by atoms with Crippen molar-refractivity contribution in [1.29, 1.82) is 0 Å². The second-order valence-electron chi connectivity index (χ2n) is 8.18. The summed E-state index contributed by atoms with van der Waals surface area (Å²) >= 11 is 0. The van der Waals surface area contributed by atoms with Crippen molar-refractivity contribution < 1.29 is 8.81 Å². The van der Waals surface area contributed by atoms with Gasteiger partial charge < -0.3 is 9.32 Å². The second-order valence-corrected chi connectivity index (χ2v) is 8.18. The minimum Gasteiger partial charge on any atom is -0.463 e. The number of aromatic nitrogens is 2. The summed E-state index contributed by atoms with van der Waals surface area (Å²) in [5.74, 6) is 0.571. The zero-order chi connectivity index (χ0) is 21.9. The highest BCUT2D eigenvalue weighted by Gasteiger charge is 2.21. The maximum absolute atomic E-state index is 13.6. The number of benzene rings is 2. The number of hydrogen-bond donors (Lipinski definition) is 0. The predicted octanol–water partition coefficient (Wildman–Crippen LogP) is 5.08. The zero-order valence-electron chi connectivity index (χ0n) is 18.2. The van der Waals surface area contributed by atoms with E-state index in [1.807, 2.05) is 53.3 Å². The summed E-state index contributed by atoms with van der Waals surface area (Å²) in [6, 6.07) is 18.6. The van der Waals surface area contributed by atoms with Crippen molar-refractivity contribution in [2.45, 2.75) is 13.5 Å². The van der Waals surface area contributed by atoms with Gasteiger partial charge in [-0.1, -0.05) is 31.2 Å². The molecular weight excluding hydrogens is 403 g/mol. The Labute approximate surface area is 187 Å². The largest absolute Gasteiger partial charge is 0.463 e. The molecule has 0 radical (unpaired) electrons. The van der Waals surface area contributed by atoms with Crippen LogP contribution in [0.5, 0.6) is 0 Å². The normalized spacial score (nSPS) is 15.3. The molecule has 0 bridgehead atoms. The number of rotatable bonds is 6. The lowest BCUT2D eigenvalue weighted by atomic mass is 10.1. The standard InChI is InChI=1S/C26H27FN4O/c1-2-29-12-14-30(15-13-29)19-22-18-28-31(26(22)25-7-4-16-32-25)24-10-8-20(9-11-24)21-5-3-6-23(27)17-21/h3-11,16-18H,2,12-15,19H2,1H3. The molecule has 0 unspecified atom stereocenters. The molecule has 2 aromatic carbocycles. The van der Waals surface area contributed by atoms with Gasteiger partial charge in [0, 0.05) is 38.3 Å². The number of likely N-dealkylation sites (N-methyl/N-ethyl adjacent to an activating group) is 1. The SMILES string of the molecule is CCN1CCN(Cc2cnn(-c3ccc(-c4cccc(F)c4)cc3)c2-c2ccco2)CC1. The molecule has 6 heteroatoms. The summed E-state index contributed by atoms with van der Waals surface area (Å²) in [6.45, 7) is 8.47. The lowest BCUT2D eigenvalue weighted by Gasteiger charge is -2.33. The maximum Gasteiger partial charge on any atom is 0.152 e. The fourth-order valence-electron chi connectivity index (χ4n) is 4.34. The average Bonchev–Trinajstić information content (AvgIpc) is 3.50. The van der Waals surface area contributed by atoms with E-state index in [4.69, 9.17) is 9.52 Å². The number of halogens is 1. The van der Waals surface area contributed by atoms with Crippen LogP contribution >= 0.6 is 0 Å². The first-order valence-electron chi connectivity index (χ1n) is 11.1. The first-order valence-corrected chi connectivity index (χ1v) is 11.1.